The Morgan fingerprint density at radius 1 is 1.53 bits per heavy atom. The van der Waals surface area contributed by atoms with Crippen molar-refractivity contribution in [3.05, 3.63) is 28.2 Å². The highest BCUT2D eigenvalue weighted by atomic mass is 79.9. The first-order valence-electron chi connectivity index (χ1n) is 4.88. The number of amides is 1. The molecule has 0 aromatic heterocycles. The summed E-state index contributed by atoms with van der Waals surface area (Å²) in [5, 5.41) is 2.99. The molecule has 0 radical (unpaired) electrons. The van der Waals surface area contributed by atoms with Gasteiger partial charge in [0.15, 0.2) is 0 Å². The van der Waals surface area contributed by atoms with Crippen LogP contribution in [0.4, 0.5) is 5.69 Å². The molecule has 1 fully saturated rings. The summed E-state index contributed by atoms with van der Waals surface area (Å²) in [6.07, 6.45) is 2.11. The molecule has 1 aromatic carbocycles. The number of hydrogen-bond acceptors (Lipinski definition) is 2. The number of nitrogens with one attached hydrogen (secondary N) is 1. The van der Waals surface area contributed by atoms with Gasteiger partial charge in [-0.1, -0.05) is 6.07 Å². The number of anilines is 1. The summed E-state index contributed by atoms with van der Waals surface area (Å²) < 4.78 is 0.673. The number of halogens is 1. The third-order valence-electron chi connectivity index (χ3n) is 2.69. The van der Waals surface area contributed by atoms with Gasteiger partial charge in [-0.2, -0.15) is 0 Å². The van der Waals surface area contributed by atoms with Gasteiger partial charge in [0.1, 0.15) is 0 Å². The van der Waals surface area contributed by atoms with E-state index in [1.165, 1.54) is 0 Å². The van der Waals surface area contributed by atoms with Gasteiger partial charge >= 0.3 is 0 Å². The number of nitrogen functional groups attached to an aromatic ring is 1. The van der Waals surface area contributed by atoms with Gasteiger partial charge < -0.3 is 11.1 Å². The third kappa shape index (κ3) is 2.15. The van der Waals surface area contributed by atoms with Crippen molar-refractivity contribution < 1.29 is 4.79 Å². The zero-order valence-electron chi connectivity index (χ0n) is 8.51. The minimum Gasteiger partial charge on any atom is -0.398 e. The quantitative estimate of drug-likeness (QED) is 0.809. The molecule has 0 saturated heterocycles. The molecule has 0 atom stereocenters. The van der Waals surface area contributed by atoms with Gasteiger partial charge in [-0.3, -0.25) is 4.79 Å². The van der Waals surface area contributed by atoms with Crippen LogP contribution in [0.15, 0.2) is 22.7 Å². The first-order valence-corrected chi connectivity index (χ1v) is 5.68. The van der Waals surface area contributed by atoms with Crippen LogP contribution in [0.3, 0.4) is 0 Å². The second kappa shape index (κ2) is 3.52. The average Bonchev–Trinajstić information content (AvgIpc) is 2.88. The van der Waals surface area contributed by atoms with Crippen LogP contribution in [0.5, 0.6) is 0 Å². The Hall–Kier alpha value is -1.03. The van der Waals surface area contributed by atoms with Crippen LogP contribution < -0.4 is 11.1 Å². The van der Waals surface area contributed by atoms with Crippen LogP contribution in [-0.4, -0.2) is 11.4 Å². The minimum absolute atomic E-state index is 0.00112. The van der Waals surface area contributed by atoms with Gasteiger partial charge in [-0.25, -0.2) is 0 Å². The van der Waals surface area contributed by atoms with Crippen LogP contribution in [-0.2, 0) is 0 Å². The molecule has 1 amide bonds. The van der Waals surface area contributed by atoms with Crippen molar-refractivity contribution >= 4 is 27.5 Å². The van der Waals surface area contributed by atoms with E-state index < -0.39 is 0 Å². The van der Waals surface area contributed by atoms with Crippen LogP contribution in [0.2, 0.25) is 0 Å². The first kappa shape index (κ1) is 10.5. The number of rotatable bonds is 2. The van der Waals surface area contributed by atoms with E-state index in [1.54, 1.807) is 18.2 Å². The zero-order chi connectivity index (χ0) is 11.1. The molecule has 3 N–H and O–H groups in total. The lowest BCUT2D eigenvalue weighted by atomic mass is 10.1. The van der Waals surface area contributed by atoms with Gasteiger partial charge in [0.25, 0.3) is 5.91 Å². The van der Waals surface area contributed by atoms with Crippen molar-refractivity contribution in [2.45, 2.75) is 25.3 Å². The van der Waals surface area contributed by atoms with Gasteiger partial charge in [0.05, 0.1) is 10.0 Å². The summed E-state index contributed by atoms with van der Waals surface area (Å²) in [5.74, 6) is -0.0609. The number of benzene rings is 1. The van der Waals surface area contributed by atoms with Crippen molar-refractivity contribution in [1.82, 2.24) is 5.32 Å². The molecule has 1 aliphatic carbocycles. The molecular weight excluding hydrogens is 256 g/mol. The average molecular weight is 269 g/mol. The fraction of sp³-hybridized carbons (Fsp3) is 0.364. The van der Waals surface area contributed by atoms with E-state index in [4.69, 9.17) is 5.73 Å². The molecule has 0 heterocycles. The monoisotopic (exact) mass is 268 g/mol. The molecule has 1 aromatic rings. The summed E-state index contributed by atoms with van der Waals surface area (Å²) in [6.45, 7) is 2.05. The Bertz CT molecular complexity index is 413. The Balaban J connectivity index is 2.21. The molecule has 3 nitrogen and oxygen atoms in total. The second-order valence-corrected chi connectivity index (χ2v) is 5.02. The van der Waals surface area contributed by atoms with E-state index in [0.29, 0.717) is 15.7 Å². The van der Waals surface area contributed by atoms with E-state index in [-0.39, 0.29) is 11.4 Å². The van der Waals surface area contributed by atoms with Crippen molar-refractivity contribution in [2.75, 3.05) is 5.73 Å². The maximum absolute atomic E-state index is 11.9. The highest BCUT2D eigenvalue weighted by Crippen LogP contribution is 2.35. The summed E-state index contributed by atoms with van der Waals surface area (Å²) in [4.78, 5) is 11.9. The van der Waals surface area contributed by atoms with Crippen molar-refractivity contribution in [1.29, 1.82) is 0 Å². The number of hydrogen-bond donors (Lipinski definition) is 2. The predicted molar refractivity (Wildman–Crippen MR) is 63.7 cm³/mol. The second-order valence-electron chi connectivity index (χ2n) is 4.22. The van der Waals surface area contributed by atoms with Crippen LogP contribution in [0, 0.1) is 0 Å². The molecule has 1 aliphatic rings. The summed E-state index contributed by atoms with van der Waals surface area (Å²) >= 11 is 3.32. The molecule has 0 unspecified atom stereocenters. The maximum atomic E-state index is 11.9. The van der Waals surface area contributed by atoms with E-state index >= 15 is 0 Å². The van der Waals surface area contributed by atoms with E-state index in [9.17, 15) is 4.79 Å². The van der Waals surface area contributed by atoms with Crippen LogP contribution >= 0.6 is 15.9 Å². The summed E-state index contributed by atoms with van der Waals surface area (Å²) in [5.41, 5.74) is 6.90. The topological polar surface area (TPSA) is 55.1 Å². The van der Waals surface area contributed by atoms with Crippen LogP contribution in [0.25, 0.3) is 0 Å². The van der Waals surface area contributed by atoms with Crippen molar-refractivity contribution in [2.24, 2.45) is 0 Å². The SMILES string of the molecule is CC1(NC(=O)c2cccc(N)c2Br)CC1. The van der Waals surface area contributed by atoms with Gasteiger partial charge in [-0.05, 0) is 47.8 Å². The Kier molecular flexibility index (Phi) is 2.46. The molecule has 1 saturated carbocycles. The smallest absolute Gasteiger partial charge is 0.252 e. The van der Waals surface area contributed by atoms with Crippen molar-refractivity contribution in [3.8, 4) is 0 Å². The highest BCUT2D eigenvalue weighted by Gasteiger charge is 2.39. The lowest BCUT2D eigenvalue weighted by molar-refractivity contribution is 0.0934. The highest BCUT2D eigenvalue weighted by molar-refractivity contribution is 9.10. The minimum atomic E-state index is -0.0609. The van der Waals surface area contributed by atoms with Gasteiger partial charge in [0.2, 0.25) is 0 Å². The molecule has 0 spiro atoms. The summed E-state index contributed by atoms with van der Waals surface area (Å²) in [7, 11) is 0. The Morgan fingerprint density at radius 3 is 2.80 bits per heavy atom. The van der Waals surface area contributed by atoms with Crippen molar-refractivity contribution in [3.63, 3.8) is 0 Å². The summed E-state index contributed by atoms with van der Waals surface area (Å²) in [6, 6.07) is 5.31. The van der Waals surface area contributed by atoms with Crippen LogP contribution in [0.1, 0.15) is 30.1 Å². The molecule has 2 rings (SSSR count). The standard InChI is InChI=1S/C11H13BrN2O/c1-11(5-6-11)14-10(15)7-3-2-4-8(13)9(7)12/h2-4H,5-6,13H2,1H3,(H,14,15). The lowest BCUT2D eigenvalue weighted by Crippen LogP contribution is -2.34. The van der Waals surface area contributed by atoms with E-state index in [1.807, 2.05) is 6.92 Å². The molecule has 0 bridgehead atoms. The molecule has 80 valence electrons. The maximum Gasteiger partial charge on any atom is 0.252 e. The Morgan fingerprint density at radius 2 is 2.20 bits per heavy atom. The largest absolute Gasteiger partial charge is 0.398 e. The number of carbonyl (C=O) groups is 1. The fourth-order valence-electron chi connectivity index (χ4n) is 1.38. The normalized spacial score (nSPS) is 17.2. The zero-order valence-corrected chi connectivity index (χ0v) is 10.1. The van der Waals surface area contributed by atoms with E-state index in [2.05, 4.69) is 21.2 Å². The van der Waals surface area contributed by atoms with Gasteiger partial charge in [0, 0.05) is 11.2 Å². The van der Waals surface area contributed by atoms with Gasteiger partial charge in [-0.15, -0.1) is 0 Å². The third-order valence-corrected chi connectivity index (χ3v) is 3.57. The molecule has 15 heavy (non-hydrogen) atoms. The molecule has 0 aliphatic heterocycles. The predicted octanol–water partition coefficient (Wildman–Crippen LogP) is 2.31. The fourth-order valence-corrected chi connectivity index (χ4v) is 1.82. The van der Waals surface area contributed by atoms with E-state index in [0.717, 1.165) is 12.8 Å². The molecular formula is C11H13BrN2O. The number of carbonyl (C=O) groups excluding carboxylic acids is 1. The number of nitrogens with two attached hydrogens (primary N) is 1. The Labute approximate surface area is 97.2 Å². The lowest BCUT2D eigenvalue weighted by Gasteiger charge is -2.12. The first-order chi connectivity index (χ1) is 7.02. The molecule has 4 heteroatoms.